The lowest BCUT2D eigenvalue weighted by Gasteiger charge is -2.40. The Bertz CT molecular complexity index is 2550. The number of thiazole rings is 2. The van der Waals surface area contributed by atoms with Gasteiger partial charge in [0.2, 0.25) is 5.90 Å². The maximum atomic E-state index is 13.5. The van der Waals surface area contributed by atoms with E-state index in [2.05, 4.69) is 47.8 Å². The topological polar surface area (TPSA) is 162 Å². The first-order valence-corrected chi connectivity index (χ1v) is 31.4. The molecule has 11 rings (SSSR count). The molecule has 2 N–H and O–H groups in total. The van der Waals surface area contributed by atoms with E-state index < -0.39 is 11.1 Å². The Labute approximate surface area is 461 Å². The van der Waals surface area contributed by atoms with Gasteiger partial charge in [0.1, 0.15) is 0 Å². The second-order valence-corrected chi connectivity index (χ2v) is 24.5. The van der Waals surface area contributed by atoms with Crippen LogP contribution in [0.3, 0.4) is 0 Å². The Hall–Kier alpha value is -4.27. The number of aliphatic hydroxyl groups excluding tert-OH is 1. The third-order valence-corrected chi connectivity index (χ3v) is 19.5. The maximum absolute atomic E-state index is 13.5. The Morgan fingerprint density at radius 3 is 1.68 bits per heavy atom. The van der Waals surface area contributed by atoms with Gasteiger partial charge in [0.15, 0.2) is 21.6 Å². The first-order valence-electron chi connectivity index (χ1n) is 28.2. The summed E-state index contributed by atoms with van der Waals surface area (Å²) in [7, 11) is 0. The average molecular weight is 1100 g/mol. The van der Waals surface area contributed by atoms with Crippen LogP contribution in [-0.4, -0.2) is 169 Å². The van der Waals surface area contributed by atoms with Crippen LogP contribution in [0.4, 0.5) is 10.3 Å². The van der Waals surface area contributed by atoms with Crippen LogP contribution in [0.2, 0.25) is 0 Å². The lowest BCUT2D eigenvalue weighted by Crippen LogP contribution is -2.56. The zero-order chi connectivity index (χ0) is 52.3. The van der Waals surface area contributed by atoms with Crippen molar-refractivity contribution in [2.45, 2.75) is 126 Å². The molecule has 2 aromatic carbocycles. The number of rotatable bonds is 16. The fraction of sp³-hybridized carbons (Fsp3) is 0.621. The van der Waals surface area contributed by atoms with E-state index in [0.29, 0.717) is 42.8 Å². The molecule has 15 nitrogen and oxygen atoms in total. The van der Waals surface area contributed by atoms with Crippen LogP contribution < -0.4 is 15.1 Å². The highest BCUT2D eigenvalue weighted by atomic mass is 32.2. The second kappa shape index (κ2) is 26.1. The molecule has 0 unspecified atom stereocenters. The predicted molar refractivity (Wildman–Crippen MR) is 305 cm³/mol. The highest BCUT2D eigenvalue weighted by Crippen LogP contribution is 2.39. The van der Waals surface area contributed by atoms with Crippen LogP contribution in [0.25, 0.3) is 22.5 Å². The molecule has 6 fully saturated rings. The molecule has 7 heterocycles. The van der Waals surface area contributed by atoms with Gasteiger partial charge in [-0.15, -0.1) is 22.7 Å². The van der Waals surface area contributed by atoms with Crippen molar-refractivity contribution in [2.24, 2.45) is 10.9 Å². The van der Waals surface area contributed by atoms with Gasteiger partial charge < -0.3 is 34.4 Å². The van der Waals surface area contributed by atoms with Gasteiger partial charge in [-0.25, -0.2) is 19.8 Å². The molecule has 0 radical (unpaired) electrons. The average Bonchev–Trinajstić information content (AvgIpc) is 4.27. The number of piperidine rings is 2. The SMILES string of the molecule is CSCC[C@@H](CO)CC(=O)C1(NC(=O)c2ccc(-c3csc(N4CCC(N5CCOCC5)CC4)n3)cc2)CCCCC1.O=C1OC(c2ccc(-c3csc(N4CCC(N5CCOCC5)CC4)n3)cc2)=NC12CCCCC2. The summed E-state index contributed by atoms with van der Waals surface area (Å²) in [6, 6.07) is 17.0. The maximum Gasteiger partial charge on any atom is 0.340 e. The summed E-state index contributed by atoms with van der Waals surface area (Å²) >= 11 is 5.13. The van der Waals surface area contributed by atoms with Gasteiger partial charge in [-0.2, -0.15) is 11.8 Å². The molecular weight excluding hydrogens is 1020 g/mol. The quantitative estimate of drug-likeness (QED) is 0.102. The van der Waals surface area contributed by atoms with Gasteiger partial charge in [-0.3, -0.25) is 19.4 Å². The number of carbonyl (C=O) groups is 3. The van der Waals surface area contributed by atoms with Crippen LogP contribution in [0.1, 0.15) is 119 Å². The number of thioether (sulfide) groups is 1. The molecule has 18 heteroatoms. The Morgan fingerprint density at radius 1 is 0.697 bits per heavy atom. The number of carbonyl (C=O) groups excluding carboxylic acids is 3. The van der Waals surface area contributed by atoms with Crippen molar-refractivity contribution in [1.29, 1.82) is 0 Å². The first kappa shape index (κ1) is 55.1. The lowest BCUT2D eigenvalue weighted by atomic mass is 9.75. The zero-order valence-corrected chi connectivity index (χ0v) is 46.9. The fourth-order valence-electron chi connectivity index (χ4n) is 12.3. The number of hydrogen-bond acceptors (Lipinski definition) is 17. The van der Waals surface area contributed by atoms with Gasteiger partial charge in [0, 0.05) is 110 Å². The van der Waals surface area contributed by atoms with Crippen LogP contribution >= 0.6 is 34.4 Å². The van der Waals surface area contributed by atoms with E-state index >= 15 is 0 Å². The molecule has 1 spiro atoms. The van der Waals surface area contributed by atoms with E-state index in [1.807, 2.05) is 42.7 Å². The highest BCUT2D eigenvalue weighted by Gasteiger charge is 2.47. The summed E-state index contributed by atoms with van der Waals surface area (Å²) in [6.45, 7) is 11.8. The van der Waals surface area contributed by atoms with Crippen molar-refractivity contribution in [2.75, 3.05) is 107 Å². The van der Waals surface area contributed by atoms with Gasteiger partial charge in [-0.05, 0) is 100.0 Å². The molecule has 1 atom stereocenters. The molecule has 1 amide bonds. The van der Waals surface area contributed by atoms with Crippen molar-refractivity contribution in [3.8, 4) is 22.5 Å². The highest BCUT2D eigenvalue weighted by molar-refractivity contribution is 7.98. The molecule has 2 aliphatic carbocycles. The van der Waals surface area contributed by atoms with Crippen molar-refractivity contribution in [1.82, 2.24) is 25.1 Å². The minimum Gasteiger partial charge on any atom is -0.405 e. The van der Waals surface area contributed by atoms with Crippen LogP contribution in [-0.2, 0) is 23.8 Å². The monoisotopic (exact) mass is 1090 g/mol. The van der Waals surface area contributed by atoms with E-state index in [4.69, 9.17) is 29.2 Å². The van der Waals surface area contributed by atoms with Crippen molar-refractivity contribution >= 4 is 68.3 Å². The number of aliphatic hydroxyl groups is 1. The molecule has 2 saturated carbocycles. The molecule has 0 bridgehead atoms. The number of nitrogens with zero attached hydrogens (tertiary/aromatic N) is 7. The summed E-state index contributed by atoms with van der Waals surface area (Å²) in [5.74, 6) is 1.02. The lowest BCUT2D eigenvalue weighted by molar-refractivity contribution is -0.140. The molecule has 2 aromatic heterocycles. The number of cyclic esters (lactones) is 1. The number of amides is 1. The summed E-state index contributed by atoms with van der Waals surface area (Å²) in [6.07, 6.45) is 17.0. The van der Waals surface area contributed by atoms with Crippen LogP contribution in [0.15, 0.2) is 64.3 Å². The number of benzene rings is 2. The number of ether oxygens (including phenoxy) is 3. The van der Waals surface area contributed by atoms with E-state index in [0.717, 1.165) is 187 Å². The summed E-state index contributed by atoms with van der Waals surface area (Å²) in [5, 5.41) is 19.4. The number of anilines is 2. The molecule has 4 aromatic rings. The van der Waals surface area contributed by atoms with Crippen molar-refractivity contribution in [3.05, 3.63) is 70.4 Å². The molecule has 7 aliphatic rings. The minimum atomic E-state index is -0.834. The number of ketones is 1. The number of hydrogen-bond donors (Lipinski definition) is 2. The van der Waals surface area contributed by atoms with Crippen LogP contribution in [0.5, 0.6) is 0 Å². The smallest absolute Gasteiger partial charge is 0.340 e. The van der Waals surface area contributed by atoms with E-state index in [1.165, 1.54) is 19.3 Å². The third-order valence-electron chi connectivity index (χ3n) is 17.1. The Morgan fingerprint density at radius 2 is 1.18 bits per heavy atom. The first-order chi connectivity index (χ1) is 37.2. The number of aliphatic imine (C=N–C) groups is 1. The minimum absolute atomic E-state index is 0.00282. The fourth-order valence-corrected chi connectivity index (χ4v) is 14.7. The molecule has 76 heavy (non-hydrogen) atoms. The largest absolute Gasteiger partial charge is 0.405 e. The predicted octanol–water partition coefficient (Wildman–Crippen LogP) is 8.98. The van der Waals surface area contributed by atoms with Gasteiger partial charge >= 0.3 is 5.97 Å². The number of Topliss-reactive ketones (excluding diaryl/α,β-unsaturated/α-hetero) is 1. The molecule has 5 aliphatic heterocycles. The Balaban J connectivity index is 0.000000176. The molecule has 4 saturated heterocycles. The molecule has 410 valence electrons. The van der Waals surface area contributed by atoms with Gasteiger partial charge in [-0.1, -0.05) is 62.8 Å². The number of nitrogens with one attached hydrogen (secondary N) is 1. The second-order valence-electron chi connectivity index (χ2n) is 21.9. The zero-order valence-electron chi connectivity index (χ0n) is 44.5. The number of aromatic nitrogens is 2. The number of morpholine rings is 2. The van der Waals surface area contributed by atoms with Crippen molar-refractivity contribution < 1.29 is 33.7 Å². The standard InChI is InChI=1S/C32H46N4O4S2.C26H32N4O3S/c1-41-20-11-24(22-37)21-29(38)32(12-3-2-4-13-32)34-30(39)26-7-5-25(6-8-26)28-23-42-31(33-28)36-14-9-27(10-15-36)35-16-18-40-19-17-35;31-24-26(10-2-1-3-11-26)28-23(33-24)20-6-4-19(5-7-20)22-18-34-25(27-22)30-12-8-21(9-13-30)29-14-16-32-17-15-29/h5-8,23-24,27,37H,2-4,9-22H2,1H3,(H,34,39);4-7,18,21H,1-3,8-17H2/t24-;/m1./s1. The third kappa shape index (κ3) is 13.2. The van der Waals surface area contributed by atoms with Crippen molar-refractivity contribution in [3.63, 3.8) is 0 Å². The van der Waals surface area contributed by atoms with E-state index in [9.17, 15) is 19.5 Å². The van der Waals surface area contributed by atoms with Crippen LogP contribution in [0, 0.1) is 5.92 Å². The number of esters is 1. The summed E-state index contributed by atoms with van der Waals surface area (Å²) in [5.41, 5.74) is 3.93. The molecular formula is C58H78N8O7S3. The normalized spacial score (nSPS) is 22.1. The van der Waals surface area contributed by atoms with Gasteiger partial charge in [0.05, 0.1) is 43.4 Å². The van der Waals surface area contributed by atoms with Gasteiger partial charge in [0.25, 0.3) is 5.91 Å². The van der Waals surface area contributed by atoms with E-state index in [-0.39, 0.29) is 30.2 Å². The van der Waals surface area contributed by atoms with E-state index in [1.54, 1.807) is 34.4 Å². The summed E-state index contributed by atoms with van der Waals surface area (Å²) < 4.78 is 16.6. The summed E-state index contributed by atoms with van der Waals surface area (Å²) in [4.78, 5) is 64.1. The Kier molecular flexibility index (Phi) is 18.9.